The van der Waals surface area contributed by atoms with Gasteiger partial charge < -0.3 is 10.2 Å². The van der Waals surface area contributed by atoms with Gasteiger partial charge in [-0.1, -0.05) is 19.9 Å². The summed E-state index contributed by atoms with van der Waals surface area (Å²) >= 11 is 0. The highest BCUT2D eigenvalue weighted by Gasteiger charge is 2.06. The summed E-state index contributed by atoms with van der Waals surface area (Å²) in [6.07, 6.45) is 3.75. The third-order valence-electron chi connectivity index (χ3n) is 3.14. The van der Waals surface area contributed by atoms with Crippen LogP contribution >= 0.6 is 0 Å². The summed E-state index contributed by atoms with van der Waals surface area (Å²) in [6.45, 7) is 9.80. The molecule has 0 spiro atoms. The Morgan fingerprint density at radius 3 is 2.71 bits per heavy atom. The van der Waals surface area contributed by atoms with Crippen LogP contribution in [0.5, 0.6) is 0 Å². The van der Waals surface area contributed by atoms with Crippen LogP contribution in [-0.2, 0) is 6.54 Å². The first-order valence-electron chi connectivity index (χ1n) is 6.40. The Morgan fingerprint density at radius 1 is 1.35 bits per heavy atom. The number of aromatic nitrogens is 1. The average Bonchev–Trinajstić information content (AvgIpc) is 2.30. The van der Waals surface area contributed by atoms with Crippen LogP contribution in [0.15, 0.2) is 24.5 Å². The molecular formula is C14H25N3. The van der Waals surface area contributed by atoms with E-state index in [1.165, 1.54) is 5.56 Å². The lowest BCUT2D eigenvalue weighted by Gasteiger charge is -2.21. The zero-order valence-corrected chi connectivity index (χ0v) is 11.5. The molecule has 0 aliphatic carbocycles. The van der Waals surface area contributed by atoms with Gasteiger partial charge in [0.1, 0.15) is 0 Å². The van der Waals surface area contributed by atoms with Crippen molar-refractivity contribution in [1.29, 1.82) is 0 Å². The number of hydrogen-bond donors (Lipinski definition) is 1. The summed E-state index contributed by atoms with van der Waals surface area (Å²) in [5, 5.41) is 3.54. The Kier molecular flexibility index (Phi) is 6.16. The molecule has 1 aromatic rings. The molecule has 1 N–H and O–H groups in total. The molecule has 1 heterocycles. The number of nitrogens with one attached hydrogen (secondary N) is 1. The van der Waals surface area contributed by atoms with Crippen LogP contribution in [0.3, 0.4) is 0 Å². The van der Waals surface area contributed by atoms with Crippen molar-refractivity contribution in [1.82, 2.24) is 15.2 Å². The Bertz CT molecular complexity index is 298. The molecule has 1 atom stereocenters. The highest BCUT2D eigenvalue weighted by Crippen LogP contribution is 2.01. The molecule has 1 rings (SSSR count). The van der Waals surface area contributed by atoms with Crippen molar-refractivity contribution in [2.45, 2.75) is 33.4 Å². The van der Waals surface area contributed by atoms with Crippen molar-refractivity contribution in [3.8, 4) is 0 Å². The Morgan fingerprint density at radius 2 is 2.12 bits per heavy atom. The second-order valence-corrected chi connectivity index (χ2v) is 5.09. The van der Waals surface area contributed by atoms with Gasteiger partial charge in [-0.2, -0.15) is 0 Å². The molecule has 3 heteroatoms. The number of pyridine rings is 1. The molecule has 96 valence electrons. The van der Waals surface area contributed by atoms with Gasteiger partial charge in [0.05, 0.1) is 0 Å². The van der Waals surface area contributed by atoms with E-state index in [0.717, 1.165) is 19.6 Å². The lowest BCUT2D eigenvalue weighted by Crippen LogP contribution is -2.36. The molecule has 0 saturated heterocycles. The molecule has 1 aromatic heterocycles. The third-order valence-corrected chi connectivity index (χ3v) is 3.14. The lowest BCUT2D eigenvalue weighted by molar-refractivity contribution is 0.308. The number of likely N-dealkylation sites (N-methyl/N-ethyl adjacent to an activating group) is 1. The average molecular weight is 235 g/mol. The molecular weight excluding hydrogens is 210 g/mol. The summed E-state index contributed by atoms with van der Waals surface area (Å²) in [5.74, 6) is 0.693. The quantitative estimate of drug-likeness (QED) is 0.785. The summed E-state index contributed by atoms with van der Waals surface area (Å²) in [7, 11) is 2.15. The van der Waals surface area contributed by atoms with E-state index in [9.17, 15) is 0 Å². The minimum atomic E-state index is 0.585. The molecule has 0 aliphatic rings. The van der Waals surface area contributed by atoms with Crippen LogP contribution in [0.25, 0.3) is 0 Å². The predicted molar refractivity (Wildman–Crippen MR) is 72.9 cm³/mol. The van der Waals surface area contributed by atoms with Gasteiger partial charge in [0, 0.05) is 38.1 Å². The highest BCUT2D eigenvalue weighted by atomic mass is 15.1. The largest absolute Gasteiger partial charge is 0.313 e. The lowest BCUT2D eigenvalue weighted by atomic mass is 10.1. The molecule has 3 nitrogen and oxygen atoms in total. The second kappa shape index (κ2) is 7.41. The zero-order valence-electron chi connectivity index (χ0n) is 11.5. The Hall–Kier alpha value is -0.930. The molecule has 17 heavy (non-hydrogen) atoms. The molecule has 0 aliphatic heterocycles. The van der Waals surface area contributed by atoms with Crippen molar-refractivity contribution in [3.63, 3.8) is 0 Å². The van der Waals surface area contributed by atoms with E-state index >= 15 is 0 Å². The fourth-order valence-electron chi connectivity index (χ4n) is 1.60. The van der Waals surface area contributed by atoms with E-state index in [1.807, 2.05) is 18.5 Å². The highest BCUT2D eigenvalue weighted by molar-refractivity contribution is 5.07. The minimum absolute atomic E-state index is 0.585. The van der Waals surface area contributed by atoms with Gasteiger partial charge in [-0.3, -0.25) is 4.98 Å². The normalized spacial score (nSPS) is 13.3. The van der Waals surface area contributed by atoms with Crippen molar-refractivity contribution in [2.24, 2.45) is 5.92 Å². The zero-order chi connectivity index (χ0) is 12.7. The summed E-state index contributed by atoms with van der Waals surface area (Å²) in [4.78, 5) is 6.44. The van der Waals surface area contributed by atoms with Crippen LogP contribution < -0.4 is 5.32 Å². The van der Waals surface area contributed by atoms with Crippen molar-refractivity contribution < 1.29 is 0 Å². The van der Waals surface area contributed by atoms with Gasteiger partial charge in [0.25, 0.3) is 0 Å². The molecule has 0 bridgehead atoms. The van der Waals surface area contributed by atoms with E-state index in [-0.39, 0.29) is 0 Å². The van der Waals surface area contributed by atoms with E-state index in [1.54, 1.807) is 0 Å². The number of hydrogen-bond acceptors (Lipinski definition) is 3. The van der Waals surface area contributed by atoms with Crippen molar-refractivity contribution in [2.75, 3.05) is 20.1 Å². The van der Waals surface area contributed by atoms with Gasteiger partial charge in [-0.15, -0.1) is 0 Å². The first-order chi connectivity index (χ1) is 8.09. The van der Waals surface area contributed by atoms with Crippen molar-refractivity contribution >= 4 is 0 Å². The van der Waals surface area contributed by atoms with Gasteiger partial charge in [0.15, 0.2) is 0 Å². The van der Waals surface area contributed by atoms with E-state index in [4.69, 9.17) is 0 Å². The molecule has 1 unspecified atom stereocenters. The van der Waals surface area contributed by atoms with Crippen LogP contribution in [0.4, 0.5) is 0 Å². The van der Waals surface area contributed by atoms with Crippen LogP contribution in [-0.4, -0.2) is 36.1 Å². The smallest absolute Gasteiger partial charge is 0.0312 e. The Balaban J connectivity index is 2.20. The van der Waals surface area contributed by atoms with Gasteiger partial charge in [0.2, 0.25) is 0 Å². The first-order valence-corrected chi connectivity index (χ1v) is 6.40. The molecule has 0 saturated carbocycles. The maximum absolute atomic E-state index is 4.13. The predicted octanol–water partition coefficient (Wildman–Crippen LogP) is 2.15. The molecule has 0 amide bonds. The molecule has 0 aromatic carbocycles. The van der Waals surface area contributed by atoms with Crippen molar-refractivity contribution in [3.05, 3.63) is 30.1 Å². The molecule has 0 fully saturated rings. The van der Waals surface area contributed by atoms with Gasteiger partial charge >= 0.3 is 0 Å². The maximum Gasteiger partial charge on any atom is 0.0312 e. The van der Waals surface area contributed by atoms with Gasteiger partial charge in [-0.25, -0.2) is 0 Å². The second-order valence-electron chi connectivity index (χ2n) is 5.09. The monoisotopic (exact) mass is 235 g/mol. The van der Waals surface area contributed by atoms with Crippen LogP contribution in [0.2, 0.25) is 0 Å². The summed E-state index contributed by atoms with van der Waals surface area (Å²) in [6, 6.07) is 4.69. The van der Waals surface area contributed by atoms with Crippen LogP contribution in [0.1, 0.15) is 26.3 Å². The number of nitrogens with zero attached hydrogens (tertiary/aromatic N) is 2. The van der Waals surface area contributed by atoms with Gasteiger partial charge in [-0.05, 0) is 31.5 Å². The van der Waals surface area contributed by atoms with E-state index < -0.39 is 0 Å². The standard InChI is InChI=1S/C14H25N3/c1-12(2)13(3)16-8-9-17(4)11-14-6-5-7-15-10-14/h5-7,10,12-13,16H,8-9,11H2,1-4H3. The summed E-state index contributed by atoms with van der Waals surface area (Å²) in [5.41, 5.74) is 1.27. The fourth-order valence-corrected chi connectivity index (χ4v) is 1.60. The minimum Gasteiger partial charge on any atom is -0.313 e. The van der Waals surface area contributed by atoms with Crippen LogP contribution in [0, 0.1) is 5.92 Å². The SMILES string of the molecule is CC(C)C(C)NCCN(C)Cc1cccnc1. The fraction of sp³-hybridized carbons (Fsp3) is 0.643. The van der Waals surface area contributed by atoms with E-state index in [0.29, 0.717) is 12.0 Å². The summed E-state index contributed by atoms with van der Waals surface area (Å²) < 4.78 is 0. The first kappa shape index (κ1) is 14.1. The van der Waals surface area contributed by atoms with E-state index in [2.05, 4.69) is 49.1 Å². The molecule has 0 radical (unpaired) electrons. The number of rotatable bonds is 7. The topological polar surface area (TPSA) is 28.2 Å². The maximum atomic E-state index is 4.13. The Labute approximate surface area is 105 Å². The third kappa shape index (κ3) is 5.80.